The maximum absolute atomic E-state index is 5.68. The summed E-state index contributed by atoms with van der Waals surface area (Å²) in [6, 6.07) is 8.74. The first kappa shape index (κ1) is 13.8. The minimum Gasteiger partial charge on any atom is -0.493 e. The molecule has 0 aliphatic rings. The van der Waals surface area contributed by atoms with Crippen LogP contribution in [0, 0.1) is 0 Å². The third kappa shape index (κ3) is 6.12. The largest absolute Gasteiger partial charge is 0.493 e. The van der Waals surface area contributed by atoms with E-state index in [4.69, 9.17) is 4.74 Å². The SMILES string of the molecule is C=C(C)CCOc1cccc(CNC(C)C)c1. The topological polar surface area (TPSA) is 21.3 Å². The molecule has 0 atom stereocenters. The minimum absolute atomic E-state index is 0.503. The number of benzene rings is 1. The summed E-state index contributed by atoms with van der Waals surface area (Å²) in [5.41, 5.74) is 2.41. The van der Waals surface area contributed by atoms with Gasteiger partial charge in [-0.1, -0.05) is 31.6 Å². The second-order valence-electron chi connectivity index (χ2n) is 4.74. The Hall–Kier alpha value is -1.28. The van der Waals surface area contributed by atoms with Crippen molar-refractivity contribution in [3.05, 3.63) is 42.0 Å². The average molecular weight is 233 g/mol. The molecule has 0 saturated carbocycles. The number of ether oxygens (including phenoxy) is 1. The highest BCUT2D eigenvalue weighted by Gasteiger charge is 1.98. The molecule has 2 nitrogen and oxygen atoms in total. The number of nitrogens with one attached hydrogen (secondary N) is 1. The number of rotatable bonds is 7. The summed E-state index contributed by atoms with van der Waals surface area (Å²) in [6.07, 6.45) is 0.911. The van der Waals surface area contributed by atoms with Gasteiger partial charge in [-0.3, -0.25) is 0 Å². The molecule has 94 valence electrons. The van der Waals surface area contributed by atoms with E-state index in [0.29, 0.717) is 12.6 Å². The van der Waals surface area contributed by atoms with Crippen LogP contribution in [0.1, 0.15) is 32.8 Å². The molecule has 0 bridgehead atoms. The Morgan fingerprint density at radius 2 is 2.18 bits per heavy atom. The predicted octanol–water partition coefficient (Wildman–Crippen LogP) is 3.53. The Morgan fingerprint density at radius 3 is 2.82 bits per heavy atom. The van der Waals surface area contributed by atoms with Crippen molar-refractivity contribution in [2.24, 2.45) is 0 Å². The van der Waals surface area contributed by atoms with E-state index in [-0.39, 0.29) is 0 Å². The van der Waals surface area contributed by atoms with Crippen molar-refractivity contribution in [3.8, 4) is 5.75 Å². The highest BCUT2D eigenvalue weighted by atomic mass is 16.5. The van der Waals surface area contributed by atoms with Crippen molar-refractivity contribution < 1.29 is 4.74 Å². The molecule has 2 heteroatoms. The molecule has 0 aliphatic heterocycles. The maximum Gasteiger partial charge on any atom is 0.119 e. The van der Waals surface area contributed by atoms with E-state index in [9.17, 15) is 0 Å². The molecule has 0 radical (unpaired) electrons. The minimum atomic E-state index is 0.503. The molecule has 17 heavy (non-hydrogen) atoms. The van der Waals surface area contributed by atoms with E-state index in [2.05, 4.69) is 37.9 Å². The summed E-state index contributed by atoms with van der Waals surface area (Å²) in [6.45, 7) is 11.8. The fourth-order valence-corrected chi connectivity index (χ4v) is 1.41. The summed E-state index contributed by atoms with van der Waals surface area (Å²) in [5.74, 6) is 0.939. The molecule has 0 unspecified atom stereocenters. The van der Waals surface area contributed by atoms with Crippen LogP contribution in [0.15, 0.2) is 36.4 Å². The summed E-state index contributed by atoms with van der Waals surface area (Å²) >= 11 is 0. The van der Waals surface area contributed by atoms with Gasteiger partial charge in [0, 0.05) is 19.0 Å². The number of hydrogen-bond donors (Lipinski definition) is 1. The normalized spacial score (nSPS) is 10.6. The lowest BCUT2D eigenvalue weighted by atomic mass is 10.2. The standard InChI is InChI=1S/C15H23NO/c1-12(2)8-9-17-15-7-5-6-14(10-15)11-16-13(3)4/h5-7,10,13,16H,1,8-9,11H2,2-4H3. The average Bonchev–Trinajstić information content (AvgIpc) is 2.26. The second-order valence-corrected chi connectivity index (χ2v) is 4.74. The van der Waals surface area contributed by atoms with E-state index in [1.54, 1.807) is 0 Å². The molecule has 0 aliphatic carbocycles. The Balaban J connectivity index is 2.45. The van der Waals surface area contributed by atoms with E-state index < -0.39 is 0 Å². The summed E-state index contributed by atoms with van der Waals surface area (Å²) < 4.78 is 5.68. The third-order valence-electron chi connectivity index (χ3n) is 2.41. The van der Waals surface area contributed by atoms with Gasteiger partial charge in [-0.2, -0.15) is 0 Å². The monoisotopic (exact) mass is 233 g/mol. The van der Waals surface area contributed by atoms with Gasteiger partial charge in [0.2, 0.25) is 0 Å². The van der Waals surface area contributed by atoms with Gasteiger partial charge in [-0.15, -0.1) is 6.58 Å². The van der Waals surface area contributed by atoms with Gasteiger partial charge in [0.1, 0.15) is 5.75 Å². The zero-order valence-corrected chi connectivity index (χ0v) is 11.1. The zero-order valence-electron chi connectivity index (χ0n) is 11.1. The summed E-state index contributed by atoms with van der Waals surface area (Å²) in [4.78, 5) is 0. The molecule has 0 spiro atoms. The van der Waals surface area contributed by atoms with Crippen molar-refractivity contribution in [2.45, 2.75) is 39.8 Å². The van der Waals surface area contributed by atoms with Crippen LogP contribution >= 0.6 is 0 Å². The van der Waals surface area contributed by atoms with Crippen LogP contribution in [-0.2, 0) is 6.54 Å². The molecular formula is C15H23NO. The Morgan fingerprint density at radius 1 is 1.41 bits per heavy atom. The summed E-state index contributed by atoms with van der Waals surface area (Å²) in [7, 11) is 0. The lowest BCUT2D eigenvalue weighted by Crippen LogP contribution is -2.21. The quantitative estimate of drug-likeness (QED) is 0.727. The first-order valence-corrected chi connectivity index (χ1v) is 6.17. The molecule has 0 heterocycles. The fourth-order valence-electron chi connectivity index (χ4n) is 1.41. The Bertz CT molecular complexity index is 358. The van der Waals surface area contributed by atoms with E-state index in [1.165, 1.54) is 5.56 Å². The Kier molecular flexibility index (Phi) is 5.78. The van der Waals surface area contributed by atoms with Gasteiger partial charge in [0.25, 0.3) is 0 Å². The lowest BCUT2D eigenvalue weighted by Gasteiger charge is -2.10. The van der Waals surface area contributed by atoms with Crippen LogP contribution in [0.4, 0.5) is 0 Å². The second kappa shape index (κ2) is 7.13. The van der Waals surface area contributed by atoms with Crippen molar-refractivity contribution >= 4 is 0 Å². The summed E-state index contributed by atoms with van der Waals surface area (Å²) in [5, 5.41) is 3.39. The van der Waals surface area contributed by atoms with Gasteiger partial charge < -0.3 is 10.1 Å². The van der Waals surface area contributed by atoms with Crippen molar-refractivity contribution in [2.75, 3.05) is 6.61 Å². The van der Waals surface area contributed by atoms with Crippen LogP contribution in [0.5, 0.6) is 5.75 Å². The fraction of sp³-hybridized carbons (Fsp3) is 0.467. The van der Waals surface area contributed by atoms with E-state index in [1.807, 2.05) is 19.1 Å². The van der Waals surface area contributed by atoms with Crippen LogP contribution in [0.3, 0.4) is 0 Å². The molecule has 1 rings (SSSR count). The molecular weight excluding hydrogens is 210 g/mol. The van der Waals surface area contributed by atoms with Crippen molar-refractivity contribution in [1.82, 2.24) is 5.32 Å². The molecule has 0 saturated heterocycles. The van der Waals surface area contributed by atoms with E-state index >= 15 is 0 Å². The molecule has 1 aromatic carbocycles. The van der Waals surface area contributed by atoms with Gasteiger partial charge >= 0.3 is 0 Å². The molecule has 1 N–H and O–H groups in total. The van der Waals surface area contributed by atoms with Crippen LogP contribution in [-0.4, -0.2) is 12.6 Å². The predicted molar refractivity (Wildman–Crippen MR) is 73.3 cm³/mol. The van der Waals surface area contributed by atoms with Gasteiger partial charge in [0.15, 0.2) is 0 Å². The lowest BCUT2D eigenvalue weighted by molar-refractivity contribution is 0.321. The number of hydrogen-bond acceptors (Lipinski definition) is 2. The van der Waals surface area contributed by atoms with Crippen LogP contribution < -0.4 is 10.1 Å². The molecule has 0 aromatic heterocycles. The molecule has 1 aromatic rings. The highest BCUT2D eigenvalue weighted by Crippen LogP contribution is 2.14. The van der Waals surface area contributed by atoms with Crippen molar-refractivity contribution in [1.29, 1.82) is 0 Å². The van der Waals surface area contributed by atoms with Crippen LogP contribution in [0.2, 0.25) is 0 Å². The maximum atomic E-state index is 5.68. The third-order valence-corrected chi connectivity index (χ3v) is 2.41. The first-order valence-electron chi connectivity index (χ1n) is 6.17. The van der Waals surface area contributed by atoms with Gasteiger partial charge in [0.05, 0.1) is 6.61 Å². The smallest absolute Gasteiger partial charge is 0.119 e. The Labute approximate surface area is 105 Å². The van der Waals surface area contributed by atoms with Crippen LogP contribution in [0.25, 0.3) is 0 Å². The molecule has 0 amide bonds. The van der Waals surface area contributed by atoms with Gasteiger partial charge in [-0.05, 0) is 24.6 Å². The molecule has 0 fully saturated rings. The van der Waals surface area contributed by atoms with E-state index in [0.717, 1.165) is 24.3 Å². The zero-order chi connectivity index (χ0) is 12.7. The first-order chi connectivity index (χ1) is 8.08. The van der Waals surface area contributed by atoms with Gasteiger partial charge in [-0.25, -0.2) is 0 Å². The van der Waals surface area contributed by atoms with Crippen molar-refractivity contribution in [3.63, 3.8) is 0 Å². The highest BCUT2D eigenvalue weighted by molar-refractivity contribution is 5.28.